The van der Waals surface area contributed by atoms with Gasteiger partial charge in [-0.2, -0.15) is 13.2 Å². The average Bonchev–Trinajstić information content (AvgIpc) is 2.68. The minimum absolute atomic E-state index is 0.128. The first-order chi connectivity index (χ1) is 9.15. The minimum atomic E-state index is -4.55. The Morgan fingerprint density at radius 1 is 1.40 bits per heavy atom. The number of urea groups is 1. The van der Waals surface area contributed by atoms with Crippen molar-refractivity contribution < 1.29 is 33.0 Å². The van der Waals surface area contributed by atoms with Crippen molar-refractivity contribution in [2.45, 2.75) is 38.1 Å². The molecule has 2 atom stereocenters. The molecular weight excluding hydrogens is 281 g/mol. The number of amides is 2. The predicted molar refractivity (Wildman–Crippen MR) is 62.1 cm³/mol. The predicted octanol–water partition coefficient (Wildman–Crippen LogP) is 0.901. The van der Waals surface area contributed by atoms with Gasteiger partial charge in [-0.05, 0) is 6.42 Å². The Bertz CT molecular complexity index is 375. The molecule has 0 bridgehead atoms. The molecule has 1 rings (SSSR count). The zero-order valence-corrected chi connectivity index (χ0v) is 10.9. The van der Waals surface area contributed by atoms with E-state index in [0.717, 1.165) is 4.90 Å². The van der Waals surface area contributed by atoms with Crippen LogP contribution in [0.25, 0.3) is 0 Å². The molecule has 0 saturated carbocycles. The van der Waals surface area contributed by atoms with Gasteiger partial charge in [0.15, 0.2) is 0 Å². The Morgan fingerprint density at radius 2 is 2.00 bits per heavy atom. The van der Waals surface area contributed by atoms with E-state index in [9.17, 15) is 27.9 Å². The van der Waals surface area contributed by atoms with E-state index in [2.05, 4.69) is 0 Å². The Morgan fingerprint density at radius 3 is 2.45 bits per heavy atom. The molecule has 1 aliphatic rings. The smallest absolute Gasteiger partial charge is 0.406 e. The molecule has 0 radical (unpaired) electrons. The maximum Gasteiger partial charge on any atom is 0.406 e. The van der Waals surface area contributed by atoms with E-state index in [-0.39, 0.29) is 19.5 Å². The fourth-order valence-corrected chi connectivity index (χ4v) is 2.17. The minimum Gasteiger partial charge on any atom is -0.480 e. The second-order valence-corrected chi connectivity index (χ2v) is 4.72. The van der Waals surface area contributed by atoms with Gasteiger partial charge in [-0.15, -0.1) is 0 Å². The van der Waals surface area contributed by atoms with Crippen LogP contribution in [0.2, 0.25) is 0 Å². The molecule has 2 N–H and O–H groups in total. The normalized spacial score (nSPS) is 22.9. The summed E-state index contributed by atoms with van der Waals surface area (Å²) >= 11 is 0. The van der Waals surface area contributed by atoms with Gasteiger partial charge in [-0.3, -0.25) is 0 Å². The molecule has 116 valence electrons. The third kappa shape index (κ3) is 4.26. The number of hydrogen-bond donors (Lipinski definition) is 2. The number of carbonyl (C=O) groups is 2. The largest absolute Gasteiger partial charge is 0.480 e. The van der Waals surface area contributed by atoms with Crippen LogP contribution in [0.15, 0.2) is 0 Å². The van der Waals surface area contributed by atoms with Gasteiger partial charge < -0.3 is 20.0 Å². The van der Waals surface area contributed by atoms with Crippen molar-refractivity contribution >= 4 is 12.0 Å². The summed E-state index contributed by atoms with van der Waals surface area (Å²) in [4.78, 5) is 24.4. The van der Waals surface area contributed by atoms with Crippen LogP contribution in [0.1, 0.15) is 19.8 Å². The number of likely N-dealkylation sites (tertiary alicyclic amines) is 1. The van der Waals surface area contributed by atoms with Crippen molar-refractivity contribution in [1.29, 1.82) is 0 Å². The van der Waals surface area contributed by atoms with Gasteiger partial charge >= 0.3 is 18.2 Å². The van der Waals surface area contributed by atoms with Gasteiger partial charge in [-0.1, -0.05) is 6.92 Å². The first-order valence-electron chi connectivity index (χ1n) is 6.19. The molecule has 9 heteroatoms. The summed E-state index contributed by atoms with van der Waals surface area (Å²) in [7, 11) is 0. The van der Waals surface area contributed by atoms with Crippen LogP contribution < -0.4 is 0 Å². The molecule has 0 spiro atoms. The first-order valence-corrected chi connectivity index (χ1v) is 6.19. The molecule has 1 fully saturated rings. The number of hydrogen-bond acceptors (Lipinski definition) is 3. The zero-order valence-electron chi connectivity index (χ0n) is 10.9. The van der Waals surface area contributed by atoms with Crippen LogP contribution in [0, 0.1) is 0 Å². The number of aliphatic hydroxyl groups is 1. The Balaban J connectivity index is 2.85. The number of aliphatic carboxylic acids is 1. The van der Waals surface area contributed by atoms with Crippen molar-refractivity contribution in [3.8, 4) is 0 Å². The number of nitrogens with zero attached hydrogens (tertiary/aromatic N) is 2. The molecule has 0 aromatic rings. The number of halogens is 3. The summed E-state index contributed by atoms with van der Waals surface area (Å²) in [5.41, 5.74) is 0. The fourth-order valence-electron chi connectivity index (χ4n) is 2.17. The number of rotatable bonds is 4. The topological polar surface area (TPSA) is 81.1 Å². The van der Waals surface area contributed by atoms with E-state index in [1.807, 2.05) is 0 Å². The average molecular weight is 298 g/mol. The lowest BCUT2D eigenvalue weighted by Gasteiger charge is -2.30. The lowest BCUT2D eigenvalue weighted by Crippen LogP contribution is -2.50. The van der Waals surface area contributed by atoms with E-state index >= 15 is 0 Å². The van der Waals surface area contributed by atoms with Crippen LogP contribution >= 0.6 is 0 Å². The van der Waals surface area contributed by atoms with E-state index in [1.54, 1.807) is 6.92 Å². The van der Waals surface area contributed by atoms with Gasteiger partial charge in [0, 0.05) is 19.5 Å². The van der Waals surface area contributed by atoms with Crippen LogP contribution in [0.3, 0.4) is 0 Å². The summed E-state index contributed by atoms with van der Waals surface area (Å²) in [5.74, 6) is -1.33. The number of carboxylic acids is 1. The van der Waals surface area contributed by atoms with E-state index < -0.39 is 36.9 Å². The lowest BCUT2D eigenvalue weighted by atomic mass is 10.2. The summed E-state index contributed by atoms with van der Waals surface area (Å²) in [6, 6.07) is -2.29. The van der Waals surface area contributed by atoms with Gasteiger partial charge in [0.1, 0.15) is 12.6 Å². The molecule has 1 aliphatic heterocycles. The highest BCUT2D eigenvalue weighted by atomic mass is 19.4. The quantitative estimate of drug-likeness (QED) is 0.808. The SMILES string of the molecule is CCCN(CC(F)(F)F)C(=O)N1CC(O)CC1C(=O)O. The fraction of sp³-hybridized carbons (Fsp3) is 0.818. The molecule has 0 aliphatic carbocycles. The monoisotopic (exact) mass is 298 g/mol. The summed E-state index contributed by atoms with van der Waals surface area (Å²) in [5, 5.41) is 18.4. The molecule has 1 saturated heterocycles. The number of carbonyl (C=O) groups excluding carboxylic acids is 1. The standard InChI is InChI=1S/C11H17F3N2O4/c1-2-3-15(6-11(12,13)14)10(20)16-5-7(17)4-8(16)9(18)19/h7-8,17H,2-6H2,1H3,(H,18,19). The Labute approximate surface area is 113 Å². The third-order valence-electron chi connectivity index (χ3n) is 2.94. The van der Waals surface area contributed by atoms with Crippen LogP contribution in [-0.2, 0) is 4.79 Å². The molecule has 2 unspecified atom stereocenters. The number of aliphatic hydroxyl groups excluding tert-OH is 1. The molecule has 1 heterocycles. The summed E-state index contributed by atoms with van der Waals surface area (Å²) in [6.07, 6.45) is -5.44. The van der Waals surface area contributed by atoms with Crippen LogP contribution in [0.5, 0.6) is 0 Å². The second kappa shape index (κ2) is 6.29. The lowest BCUT2D eigenvalue weighted by molar-refractivity contribution is -0.144. The number of β-amino-alcohol motifs (C(OH)–C–C–N with tert-alkyl or cyclic N) is 1. The van der Waals surface area contributed by atoms with Gasteiger partial charge in [0.05, 0.1) is 6.10 Å². The molecule has 0 aromatic heterocycles. The third-order valence-corrected chi connectivity index (χ3v) is 2.94. The molecule has 20 heavy (non-hydrogen) atoms. The van der Waals surface area contributed by atoms with Gasteiger partial charge in [-0.25, -0.2) is 9.59 Å². The van der Waals surface area contributed by atoms with Crippen LogP contribution in [-0.4, -0.2) is 70.0 Å². The van der Waals surface area contributed by atoms with E-state index in [1.165, 1.54) is 0 Å². The van der Waals surface area contributed by atoms with Crippen molar-refractivity contribution in [1.82, 2.24) is 9.80 Å². The first kappa shape index (κ1) is 16.5. The summed E-state index contributed by atoms with van der Waals surface area (Å²) < 4.78 is 37.3. The van der Waals surface area contributed by atoms with Gasteiger partial charge in [0.25, 0.3) is 0 Å². The van der Waals surface area contributed by atoms with Gasteiger partial charge in [0.2, 0.25) is 0 Å². The highest BCUT2D eigenvalue weighted by Gasteiger charge is 2.42. The van der Waals surface area contributed by atoms with Crippen molar-refractivity contribution in [2.24, 2.45) is 0 Å². The Kier molecular flexibility index (Phi) is 5.21. The van der Waals surface area contributed by atoms with E-state index in [4.69, 9.17) is 5.11 Å². The van der Waals surface area contributed by atoms with E-state index in [0.29, 0.717) is 11.3 Å². The van der Waals surface area contributed by atoms with Crippen molar-refractivity contribution in [2.75, 3.05) is 19.6 Å². The Hall–Kier alpha value is -1.51. The second-order valence-electron chi connectivity index (χ2n) is 4.72. The molecule has 0 aromatic carbocycles. The highest BCUT2D eigenvalue weighted by Crippen LogP contribution is 2.23. The summed E-state index contributed by atoms with van der Waals surface area (Å²) in [6.45, 7) is -0.214. The molecule has 2 amide bonds. The number of carboxylic acid groups (broad SMARTS) is 1. The maximum absolute atomic E-state index is 12.4. The van der Waals surface area contributed by atoms with Crippen molar-refractivity contribution in [3.05, 3.63) is 0 Å². The highest BCUT2D eigenvalue weighted by molar-refractivity contribution is 5.83. The van der Waals surface area contributed by atoms with Crippen molar-refractivity contribution in [3.63, 3.8) is 0 Å². The molecule has 6 nitrogen and oxygen atoms in total. The molecular formula is C11H17F3N2O4. The maximum atomic E-state index is 12.4. The zero-order chi connectivity index (χ0) is 15.5. The number of alkyl halides is 3. The van der Waals surface area contributed by atoms with Crippen LogP contribution in [0.4, 0.5) is 18.0 Å².